The van der Waals surface area contributed by atoms with Gasteiger partial charge < -0.3 is 29.7 Å². The summed E-state index contributed by atoms with van der Waals surface area (Å²) in [5, 5.41) is 26.0. The van der Waals surface area contributed by atoms with Crippen LogP contribution in [0.15, 0.2) is 42.5 Å². The molecule has 0 unspecified atom stereocenters. The minimum atomic E-state index is -0.958. The number of carbonyl (C=O) groups is 2. The Balaban J connectivity index is 1.70. The van der Waals surface area contributed by atoms with E-state index in [1.807, 2.05) is 19.1 Å². The van der Waals surface area contributed by atoms with Gasteiger partial charge in [-0.05, 0) is 44.1 Å². The Bertz CT molecular complexity index is 1430. The highest BCUT2D eigenvalue weighted by Crippen LogP contribution is 2.49. The predicted molar refractivity (Wildman–Crippen MR) is 148 cm³/mol. The van der Waals surface area contributed by atoms with E-state index in [4.69, 9.17) is 14.2 Å². The van der Waals surface area contributed by atoms with Crippen LogP contribution < -0.4 is 19.7 Å². The number of benzene rings is 2. The number of hydrogen-bond acceptors (Lipinski definition) is 9. The number of nitrogens with one attached hydrogen (secondary N) is 1. The Morgan fingerprint density at radius 1 is 1.05 bits per heavy atom. The summed E-state index contributed by atoms with van der Waals surface area (Å²) < 4.78 is 17.1. The number of amides is 2. The highest BCUT2D eigenvalue weighted by Gasteiger charge is 2.48. The van der Waals surface area contributed by atoms with Gasteiger partial charge >= 0.3 is 6.09 Å². The highest BCUT2D eigenvalue weighted by molar-refractivity contribution is 6.22. The molecule has 1 saturated heterocycles. The molecule has 0 aliphatic carbocycles. The monoisotopic (exact) mass is 547 g/mol. The standard InChI is InChI=1S/C30H33N3O7/c1-4-5-10-19-23(24-21(38-2)12-8-13-22(24)39-3)26(34)25(27(35)32-19)28(36)33-20-11-7-6-9-18(20)30(40-29(33)37)14-16-31-17-15-30/h6-9,11-13,31H,4-5,10,14-17H2,1-3H3,(H2,32,34,35). The van der Waals surface area contributed by atoms with Crippen molar-refractivity contribution in [2.75, 3.05) is 32.2 Å². The molecule has 2 amide bonds. The summed E-state index contributed by atoms with van der Waals surface area (Å²) in [7, 11) is 2.97. The van der Waals surface area contributed by atoms with E-state index in [2.05, 4.69) is 10.3 Å². The third-order valence-electron chi connectivity index (χ3n) is 7.60. The number of ether oxygens (including phenoxy) is 3. The molecule has 0 radical (unpaired) electrons. The molecule has 3 heterocycles. The summed E-state index contributed by atoms with van der Waals surface area (Å²) in [5.74, 6) is -1.40. The number of aromatic nitrogens is 1. The van der Waals surface area contributed by atoms with Crippen molar-refractivity contribution in [3.05, 3.63) is 59.3 Å². The first-order chi connectivity index (χ1) is 19.4. The first-order valence-electron chi connectivity index (χ1n) is 13.4. The van der Waals surface area contributed by atoms with Crippen LogP contribution in [0, 0.1) is 0 Å². The van der Waals surface area contributed by atoms with Crippen LogP contribution in [0.25, 0.3) is 11.1 Å². The van der Waals surface area contributed by atoms with Crippen LogP contribution in [0.5, 0.6) is 23.1 Å². The molecule has 1 aromatic heterocycles. The number of imide groups is 1. The molecule has 0 saturated carbocycles. The van der Waals surface area contributed by atoms with Crippen molar-refractivity contribution in [1.29, 1.82) is 0 Å². The lowest BCUT2D eigenvalue weighted by Gasteiger charge is -2.44. The van der Waals surface area contributed by atoms with Crippen molar-refractivity contribution in [2.45, 2.75) is 44.6 Å². The van der Waals surface area contributed by atoms with Crippen LogP contribution >= 0.6 is 0 Å². The average Bonchev–Trinajstić information content (AvgIpc) is 2.96. The summed E-state index contributed by atoms with van der Waals surface area (Å²) in [6.45, 7) is 3.32. The van der Waals surface area contributed by atoms with Gasteiger partial charge in [-0.3, -0.25) is 4.79 Å². The zero-order valence-electron chi connectivity index (χ0n) is 22.8. The molecule has 0 atom stereocenters. The fraction of sp³-hybridized carbons (Fsp3) is 0.367. The minimum Gasteiger partial charge on any atom is -0.506 e. The lowest BCUT2D eigenvalue weighted by Crippen LogP contribution is -2.52. The molecule has 40 heavy (non-hydrogen) atoms. The lowest BCUT2D eigenvalue weighted by molar-refractivity contribution is -0.0170. The van der Waals surface area contributed by atoms with Gasteiger partial charge in [0.05, 0.1) is 36.7 Å². The van der Waals surface area contributed by atoms with Crippen LogP contribution in [0.3, 0.4) is 0 Å². The number of aryl methyl sites for hydroxylation is 1. The van der Waals surface area contributed by atoms with Gasteiger partial charge in [0, 0.05) is 18.4 Å². The fourth-order valence-electron chi connectivity index (χ4n) is 5.62. The Morgan fingerprint density at radius 2 is 1.73 bits per heavy atom. The third-order valence-corrected chi connectivity index (χ3v) is 7.60. The van der Waals surface area contributed by atoms with Crippen molar-refractivity contribution in [1.82, 2.24) is 10.3 Å². The van der Waals surface area contributed by atoms with E-state index in [9.17, 15) is 19.8 Å². The van der Waals surface area contributed by atoms with E-state index in [1.165, 1.54) is 14.2 Å². The molecule has 210 valence electrons. The van der Waals surface area contributed by atoms with Gasteiger partial charge in [-0.15, -0.1) is 0 Å². The number of rotatable bonds is 7. The predicted octanol–water partition coefficient (Wildman–Crippen LogP) is 4.90. The molecule has 5 rings (SSSR count). The number of piperidine rings is 1. The van der Waals surface area contributed by atoms with Crippen LogP contribution in [-0.4, -0.2) is 54.5 Å². The van der Waals surface area contributed by atoms with E-state index in [-0.39, 0.29) is 5.56 Å². The van der Waals surface area contributed by atoms with Crippen LogP contribution in [0.1, 0.15) is 54.2 Å². The molecule has 1 spiro atoms. The van der Waals surface area contributed by atoms with Gasteiger partial charge in [-0.2, -0.15) is 0 Å². The Kier molecular flexibility index (Phi) is 7.53. The van der Waals surface area contributed by atoms with Crippen molar-refractivity contribution < 1.29 is 34.0 Å². The fourth-order valence-corrected chi connectivity index (χ4v) is 5.62. The smallest absolute Gasteiger partial charge is 0.422 e. The molecule has 10 heteroatoms. The number of carbonyl (C=O) groups excluding carboxylic acids is 2. The first-order valence-corrected chi connectivity index (χ1v) is 13.4. The molecule has 1 fully saturated rings. The Labute approximate surface area is 232 Å². The number of nitrogens with zero attached hydrogens (tertiary/aromatic N) is 2. The molecular weight excluding hydrogens is 514 g/mol. The second-order valence-corrected chi connectivity index (χ2v) is 9.89. The molecular formula is C30H33N3O7. The zero-order chi connectivity index (χ0) is 28.4. The zero-order valence-corrected chi connectivity index (χ0v) is 22.8. The van der Waals surface area contributed by atoms with E-state index in [1.54, 1.807) is 30.3 Å². The van der Waals surface area contributed by atoms with Gasteiger partial charge in [0.1, 0.15) is 28.4 Å². The Morgan fingerprint density at radius 3 is 2.38 bits per heavy atom. The number of methoxy groups -OCH3 is 2. The number of hydrogen-bond donors (Lipinski definition) is 3. The van der Waals surface area contributed by atoms with Gasteiger partial charge in [-0.1, -0.05) is 37.6 Å². The second-order valence-electron chi connectivity index (χ2n) is 9.89. The highest BCUT2D eigenvalue weighted by atomic mass is 16.6. The largest absolute Gasteiger partial charge is 0.506 e. The minimum absolute atomic E-state index is 0.192. The van der Waals surface area contributed by atoms with Crippen molar-refractivity contribution >= 4 is 17.7 Å². The summed E-state index contributed by atoms with van der Waals surface area (Å²) >= 11 is 0. The summed E-state index contributed by atoms with van der Waals surface area (Å²) in [6, 6.07) is 12.2. The van der Waals surface area contributed by atoms with Crippen molar-refractivity contribution in [2.24, 2.45) is 0 Å². The molecule has 2 aliphatic heterocycles. The maximum Gasteiger partial charge on any atom is 0.422 e. The maximum absolute atomic E-state index is 14.1. The molecule has 10 nitrogen and oxygen atoms in total. The first kappa shape index (κ1) is 27.3. The van der Waals surface area contributed by atoms with Crippen LogP contribution in [0.4, 0.5) is 10.5 Å². The van der Waals surface area contributed by atoms with Crippen LogP contribution in [0.2, 0.25) is 0 Å². The van der Waals surface area contributed by atoms with Gasteiger partial charge in [-0.25, -0.2) is 14.7 Å². The number of unbranched alkanes of at least 4 members (excludes halogenated alkanes) is 1. The summed E-state index contributed by atoms with van der Waals surface area (Å²) in [5.41, 5.74) is 0.601. The SMILES string of the molecule is CCCCc1nc(O)c(C(=O)N2C(=O)OC3(CCNCC3)c3ccccc32)c(O)c1-c1c(OC)cccc1OC. The maximum atomic E-state index is 14.1. The second kappa shape index (κ2) is 11.1. The molecule has 0 bridgehead atoms. The molecule has 3 aromatic rings. The number of fused-ring (bicyclic) bond motifs is 2. The molecule has 2 aromatic carbocycles. The summed E-state index contributed by atoms with van der Waals surface area (Å²) in [4.78, 5) is 32.8. The van der Waals surface area contributed by atoms with Gasteiger partial charge in [0.2, 0.25) is 5.88 Å². The van der Waals surface area contributed by atoms with E-state index < -0.39 is 34.8 Å². The topological polar surface area (TPSA) is 130 Å². The van der Waals surface area contributed by atoms with Gasteiger partial charge in [0.15, 0.2) is 0 Å². The van der Waals surface area contributed by atoms with E-state index in [0.29, 0.717) is 72.8 Å². The summed E-state index contributed by atoms with van der Waals surface area (Å²) in [6.07, 6.45) is 2.19. The van der Waals surface area contributed by atoms with E-state index >= 15 is 0 Å². The third kappa shape index (κ3) is 4.48. The van der Waals surface area contributed by atoms with Gasteiger partial charge in [0.25, 0.3) is 5.91 Å². The Hall–Kier alpha value is -4.31. The quantitative estimate of drug-likeness (QED) is 0.378. The number of anilines is 1. The van der Waals surface area contributed by atoms with Crippen molar-refractivity contribution in [3.8, 4) is 34.3 Å². The normalized spacial score (nSPS) is 15.9. The van der Waals surface area contributed by atoms with Crippen molar-refractivity contribution in [3.63, 3.8) is 0 Å². The number of para-hydroxylation sites is 1. The average molecular weight is 548 g/mol. The van der Waals surface area contributed by atoms with Crippen LogP contribution in [-0.2, 0) is 16.8 Å². The van der Waals surface area contributed by atoms with E-state index in [0.717, 1.165) is 11.3 Å². The number of aromatic hydroxyl groups is 2. The molecule has 3 N–H and O–H groups in total. The lowest BCUT2D eigenvalue weighted by atomic mass is 9.82. The molecule has 2 aliphatic rings. The number of pyridine rings is 1.